The summed E-state index contributed by atoms with van der Waals surface area (Å²) < 4.78 is 30.5. The zero-order valence-corrected chi connectivity index (χ0v) is 23.2. The number of oxazole rings is 1. The highest BCUT2D eigenvalue weighted by Gasteiger charge is 2.16. The van der Waals surface area contributed by atoms with Crippen molar-refractivity contribution in [3.05, 3.63) is 102 Å². The summed E-state index contributed by atoms with van der Waals surface area (Å²) in [6.45, 7) is 4.25. The Morgan fingerprint density at radius 2 is 1.88 bits per heavy atom. The quantitative estimate of drug-likeness (QED) is 0.144. The van der Waals surface area contributed by atoms with Crippen LogP contribution in [0.4, 0.5) is 0 Å². The van der Waals surface area contributed by atoms with Gasteiger partial charge in [-0.1, -0.05) is 31.2 Å². The van der Waals surface area contributed by atoms with Gasteiger partial charge in [0, 0.05) is 12.6 Å². The van der Waals surface area contributed by atoms with E-state index >= 15 is 0 Å². The monoisotopic (exact) mass is 553 g/mol. The second-order valence-corrected chi connectivity index (χ2v) is 9.28. The highest BCUT2D eigenvalue weighted by Crippen LogP contribution is 2.31. The van der Waals surface area contributed by atoms with Crippen molar-refractivity contribution < 1.29 is 27.8 Å². The Bertz CT molecular complexity index is 1620. The maximum absolute atomic E-state index is 12.1. The van der Waals surface area contributed by atoms with Gasteiger partial charge in [0.15, 0.2) is 23.0 Å². The number of benzene rings is 2. The van der Waals surface area contributed by atoms with Crippen LogP contribution in [-0.2, 0) is 18.0 Å². The molecule has 41 heavy (non-hydrogen) atoms. The van der Waals surface area contributed by atoms with Crippen LogP contribution < -0.4 is 14.2 Å². The molecule has 0 bridgehead atoms. The molecule has 0 aliphatic carbocycles. The smallest absolute Gasteiger partial charge is 0.263 e. The number of rotatable bonds is 13. The van der Waals surface area contributed by atoms with Crippen LogP contribution >= 0.6 is 0 Å². The number of hydrogen-bond acceptors (Lipinski definition) is 8. The molecule has 9 heteroatoms. The maximum Gasteiger partial charge on any atom is 0.263 e. The molecular formula is C32H31N3O6. The molecule has 5 aromatic rings. The molecule has 0 N–H and O–H groups in total. The fourth-order valence-electron chi connectivity index (χ4n) is 4.11. The van der Waals surface area contributed by atoms with Gasteiger partial charge in [-0.15, -0.1) is 5.10 Å². The lowest BCUT2D eigenvalue weighted by atomic mass is 10.2. The van der Waals surface area contributed by atoms with E-state index in [1.165, 1.54) is 0 Å². The van der Waals surface area contributed by atoms with E-state index in [1.807, 2.05) is 68.6 Å². The summed E-state index contributed by atoms with van der Waals surface area (Å²) in [5.74, 6) is 3.21. The van der Waals surface area contributed by atoms with Gasteiger partial charge >= 0.3 is 0 Å². The minimum Gasteiger partial charge on any atom is -0.493 e. The van der Waals surface area contributed by atoms with Crippen LogP contribution in [0.1, 0.15) is 42.3 Å². The molecule has 0 unspecified atom stereocenters. The predicted molar refractivity (Wildman–Crippen MR) is 153 cm³/mol. The van der Waals surface area contributed by atoms with Crippen LogP contribution in [0.25, 0.3) is 23.4 Å². The molecule has 0 radical (unpaired) electrons. The van der Waals surface area contributed by atoms with Crippen molar-refractivity contribution >= 4 is 11.9 Å². The summed E-state index contributed by atoms with van der Waals surface area (Å²) in [6, 6.07) is 18.9. The van der Waals surface area contributed by atoms with Gasteiger partial charge in [-0.25, -0.2) is 9.67 Å². The molecule has 3 heterocycles. The summed E-state index contributed by atoms with van der Waals surface area (Å²) in [4.78, 5) is 16.6. The van der Waals surface area contributed by atoms with Gasteiger partial charge in [0.1, 0.15) is 24.7 Å². The van der Waals surface area contributed by atoms with Gasteiger partial charge in [-0.3, -0.25) is 4.79 Å². The first-order valence-corrected chi connectivity index (χ1v) is 13.3. The molecule has 0 aliphatic rings. The summed E-state index contributed by atoms with van der Waals surface area (Å²) in [6.07, 6.45) is 8.03. The number of nitrogens with zero attached hydrogens (tertiary/aromatic N) is 3. The number of para-hydroxylation sites is 1. The average Bonchev–Trinajstić information content (AvgIpc) is 3.75. The van der Waals surface area contributed by atoms with Crippen LogP contribution in [0.2, 0.25) is 0 Å². The van der Waals surface area contributed by atoms with Crippen molar-refractivity contribution in [3.63, 3.8) is 0 Å². The fourth-order valence-corrected chi connectivity index (χ4v) is 4.11. The van der Waals surface area contributed by atoms with Gasteiger partial charge in [-0.05, 0) is 67.5 Å². The lowest BCUT2D eigenvalue weighted by molar-refractivity contribution is -0.114. The average molecular weight is 554 g/mol. The Morgan fingerprint density at radius 3 is 2.63 bits per heavy atom. The van der Waals surface area contributed by atoms with Crippen molar-refractivity contribution in [2.75, 3.05) is 7.11 Å². The van der Waals surface area contributed by atoms with E-state index in [-0.39, 0.29) is 19.0 Å². The molecule has 9 nitrogen and oxygen atoms in total. The molecule has 2 aromatic carbocycles. The summed E-state index contributed by atoms with van der Waals surface area (Å²) >= 11 is 0. The lowest BCUT2D eigenvalue weighted by Crippen LogP contribution is -2.02. The van der Waals surface area contributed by atoms with E-state index in [0.717, 1.165) is 17.7 Å². The summed E-state index contributed by atoms with van der Waals surface area (Å²) in [7, 11) is 1.58. The molecule has 0 fully saturated rings. The van der Waals surface area contributed by atoms with E-state index in [9.17, 15) is 4.79 Å². The van der Waals surface area contributed by atoms with Crippen molar-refractivity contribution in [2.45, 2.75) is 39.9 Å². The van der Waals surface area contributed by atoms with Crippen LogP contribution in [0.5, 0.6) is 17.4 Å². The topological polar surface area (TPSA) is 102 Å². The van der Waals surface area contributed by atoms with Crippen molar-refractivity contribution in [3.8, 4) is 34.7 Å². The molecular weight excluding hydrogens is 522 g/mol. The highest BCUT2D eigenvalue weighted by atomic mass is 16.5. The normalized spacial score (nSPS) is 11.2. The van der Waals surface area contributed by atoms with Gasteiger partial charge in [0.25, 0.3) is 5.89 Å². The molecule has 0 aliphatic heterocycles. The SMILES string of the molecule is CCCC(=O)C=Cc1cn(-c2ccccc2)nc1OCc1ccc(OCc2nc(-c3ccco3)oc2C)c(OC)c1. The van der Waals surface area contributed by atoms with Crippen molar-refractivity contribution in [1.82, 2.24) is 14.8 Å². The third-order valence-corrected chi connectivity index (χ3v) is 6.27. The first-order chi connectivity index (χ1) is 20.0. The third-order valence-electron chi connectivity index (χ3n) is 6.27. The molecule has 210 valence electrons. The maximum atomic E-state index is 12.1. The number of carbonyl (C=O) groups is 1. The van der Waals surface area contributed by atoms with Crippen molar-refractivity contribution in [2.24, 2.45) is 0 Å². The molecule has 0 amide bonds. The van der Waals surface area contributed by atoms with E-state index in [1.54, 1.807) is 42.3 Å². The number of aromatic nitrogens is 3. The number of carbonyl (C=O) groups excluding carboxylic acids is 1. The molecule has 0 saturated heterocycles. The minimum atomic E-state index is 0.0595. The first-order valence-electron chi connectivity index (χ1n) is 13.3. The molecule has 5 rings (SSSR count). The predicted octanol–water partition coefficient (Wildman–Crippen LogP) is 6.98. The summed E-state index contributed by atoms with van der Waals surface area (Å²) in [5, 5.41) is 4.62. The highest BCUT2D eigenvalue weighted by molar-refractivity contribution is 5.93. The number of ketones is 1. The summed E-state index contributed by atoms with van der Waals surface area (Å²) in [5.41, 5.74) is 3.12. The number of hydrogen-bond donors (Lipinski definition) is 0. The third kappa shape index (κ3) is 6.75. The number of methoxy groups -OCH3 is 1. The van der Waals surface area contributed by atoms with Gasteiger partial charge in [0.2, 0.25) is 5.88 Å². The van der Waals surface area contributed by atoms with E-state index in [0.29, 0.717) is 52.5 Å². The van der Waals surface area contributed by atoms with Gasteiger partial charge in [-0.2, -0.15) is 0 Å². The van der Waals surface area contributed by atoms with E-state index < -0.39 is 0 Å². The standard InChI is InChI=1S/C32H31N3O6/c1-4-9-26(36)15-14-24-19-35(25-10-6-5-7-11-25)34-31(24)40-20-23-13-16-28(30(18-23)37-3)39-21-27-22(2)41-32(33-27)29-12-8-17-38-29/h5-8,10-19H,4,9,20-21H2,1-3H3. The second-order valence-electron chi connectivity index (χ2n) is 9.28. The number of allylic oxidation sites excluding steroid dienone is 1. The second kappa shape index (κ2) is 12.9. The number of aryl methyl sites for hydroxylation is 1. The van der Waals surface area contributed by atoms with Crippen LogP contribution in [0.3, 0.4) is 0 Å². The Kier molecular flexibility index (Phi) is 8.64. The Labute approximate surface area is 238 Å². The van der Waals surface area contributed by atoms with Crippen LogP contribution in [0.15, 0.2) is 88.0 Å². The first kappa shape index (κ1) is 27.5. The van der Waals surface area contributed by atoms with Gasteiger partial charge < -0.3 is 23.0 Å². The zero-order chi connectivity index (χ0) is 28.6. The minimum absolute atomic E-state index is 0.0595. The van der Waals surface area contributed by atoms with Crippen LogP contribution in [0, 0.1) is 6.92 Å². The Hall–Kier alpha value is -5.05. The number of furan rings is 1. The lowest BCUT2D eigenvalue weighted by Gasteiger charge is -2.12. The molecule has 0 atom stereocenters. The Morgan fingerprint density at radius 1 is 1.02 bits per heavy atom. The largest absolute Gasteiger partial charge is 0.493 e. The molecule has 3 aromatic heterocycles. The Balaban J connectivity index is 1.29. The molecule has 0 spiro atoms. The van der Waals surface area contributed by atoms with Crippen LogP contribution in [-0.4, -0.2) is 27.7 Å². The van der Waals surface area contributed by atoms with E-state index in [2.05, 4.69) is 10.1 Å². The molecule has 0 saturated carbocycles. The fraction of sp³-hybridized carbons (Fsp3) is 0.219. The van der Waals surface area contributed by atoms with Gasteiger partial charge in [0.05, 0.1) is 24.6 Å². The number of ether oxygens (including phenoxy) is 3. The van der Waals surface area contributed by atoms with E-state index in [4.69, 9.17) is 23.0 Å². The zero-order valence-electron chi connectivity index (χ0n) is 23.2. The van der Waals surface area contributed by atoms with Crippen molar-refractivity contribution in [1.29, 1.82) is 0 Å².